The minimum atomic E-state index is -1.04. The van der Waals surface area contributed by atoms with Gasteiger partial charge in [0.15, 0.2) is 0 Å². The quantitative estimate of drug-likeness (QED) is 0.0198. The highest BCUT2D eigenvalue weighted by Crippen LogP contribution is 2.73. The van der Waals surface area contributed by atoms with Gasteiger partial charge in [-0.2, -0.15) is 0 Å². The van der Waals surface area contributed by atoms with Crippen LogP contribution in [-0.4, -0.2) is 116 Å². The van der Waals surface area contributed by atoms with Crippen LogP contribution in [0.25, 0.3) is 10.9 Å². The van der Waals surface area contributed by atoms with Crippen molar-refractivity contribution in [3.05, 3.63) is 203 Å². The van der Waals surface area contributed by atoms with Crippen molar-refractivity contribution < 1.29 is 90.9 Å². The first-order valence-corrected chi connectivity index (χ1v) is 33.5. The number of nitrogens with one attached hydrogen (secondary N) is 1. The number of benzene rings is 6. The first-order valence-electron chi connectivity index (χ1n) is 33.5. The molecule has 545 valence electrons. The van der Waals surface area contributed by atoms with Gasteiger partial charge >= 0.3 is 41.8 Å². The normalized spacial score (nSPS) is 22.4. The number of para-hydroxylation sites is 1. The largest absolute Gasteiger partial charge is 0.489 e. The summed E-state index contributed by atoms with van der Waals surface area (Å²) in [5.74, 6) is -3.42. The second kappa shape index (κ2) is 32.9. The van der Waals surface area contributed by atoms with E-state index in [2.05, 4.69) is 14.5 Å². The third kappa shape index (κ3) is 16.2. The van der Waals surface area contributed by atoms with Crippen LogP contribution >= 0.6 is 0 Å². The molecule has 2 N–H and O–H groups in total. The fourth-order valence-corrected chi connectivity index (χ4v) is 15.3. The molecule has 1 heterocycles. The fraction of sp³-hybridized carbons (Fsp3) is 0.420. The van der Waals surface area contributed by atoms with Crippen LogP contribution in [-0.2, 0) is 111 Å². The molecule has 103 heavy (non-hydrogen) atoms. The minimum absolute atomic E-state index is 0. The van der Waals surface area contributed by atoms with Crippen LogP contribution in [0.2, 0.25) is 0 Å². The molecule has 4 fully saturated rings. The Morgan fingerprint density at radius 3 is 1.06 bits per heavy atom. The van der Waals surface area contributed by atoms with Crippen molar-refractivity contribution in [2.24, 2.45) is 67.5 Å². The Balaban J connectivity index is 0.000000199. The lowest BCUT2D eigenvalue weighted by molar-refractivity contribution is -0.153. The SMILES string of the molecule is COC(=O)C1C(C(=O)OC)C1(C)C.COC(=O)[C@@H]1C(C)(C)[C@]1(Cc1ccc(OCc2ccccc2)cc1)C(=O)OC.COC(=O)[C@H]1C(C)(C)[C@]1(Cc1ccc(OCc2ccccc2)cc1)C(=O)OC.COC(=O)[C@]1(Cc2ccc(OCc3cc(C)nc4ccccc34)cc2)C(C(=O)NO)C1(C)C.[B]. The van der Waals surface area contributed by atoms with Crippen molar-refractivity contribution in [2.45, 2.75) is 101 Å². The molecule has 22 heteroatoms. The molecule has 0 saturated heterocycles. The lowest BCUT2D eigenvalue weighted by atomic mass is 9.88. The maximum absolute atomic E-state index is 12.7. The molecule has 3 radical (unpaired) electrons. The molecule has 7 aromatic rings. The van der Waals surface area contributed by atoms with Gasteiger partial charge in [0.05, 0.1) is 101 Å². The van der Waals surface area contributed by atoms with Crippen LogP contribution in [0.4, 0.5) is 0 Å². The average Bonchev–Trinajstić information content (AvgIpc) is 1.52. The number of carbonyl (C=O) groups excluding carboxylic acids is 8. The molecule has 4 aliphatic rings. The van der Waals surface area contributed by atoms with Crippen molar-refractivity contribution >= 4 is 67.0 Å². The molecule has 4 saturated carbocycles. The number of hydrogen-bond donors (Lipinski definition) is 2. The van der Waals surface area contributed by atoms with Gasteiger partial charge in [0.25, 0.3) is 0 Å². The number of rotatable bonds is 23. The van der Waals surface area contributed by atoms with Crippen LogP contribution in [0.5, 0.6) is 17.2 Å². The fourth-order valence-electron chi connectivity index (χ4n) is 15.3. The number of pyridine rings is 1. The van der Waals surface area contributed by atoms with E-state index in [0.717, 1.165) is 61.5 Å². The zero-order valence-corrected chi connectivity index (χ0v) is 61.5. The van der Waals surface area contributed by atoms with E-state index in [1.807, 2.05) is 226 Å². The predicted octanol–water partition coefficient (Wildman–Crippen LogP) is 11.8. The number of carbonyl (C=O) groups is 8. The molecule has 0 bridgehead atoms. The summed E-state index contributed by atoms with van der Waals surface area (Å²) < 4.78 is 51.8. The summed E-state index contributed by atoms with van der Waals surface area (Å²) in [6.07, 6.45) is 1.13. The number of aromatic nitrogens is 1. The summed E-state index contributed by atoms with van der Waals surface area (Å²) in [5.41, 5.74) is 4.67. The van der Waals surface area contributed by atoms with Gasteiger partial charge in [-0.3, -0.25) is 48.5 Å². The summed E-state index contributed by atoms with van der Waals surface area (Å²) >= 11 is 0. The number of amides is 1. The summed E-state index contributed by atoms with van der Waals surface area (Å²) in [6.45, 7) is 18.4. The molecule has 3 unspecified atom stereocenters. The first-order chi connectivity index (χ1) is 48.4. The monoisotopic (exact) mass is 1410 g/mol. The Hall–Kier alpha value is -10.1. The van der Waals surface area contributed by atoms with E-state index >= 15 is 0 Å². The van der Waals surface area contributed by atoms with Gasteiger partial charge in [-0.05, 0) is 124 Å². The van der Waals surface area contributed by atoms with Gasteiger partial charge in [-0.15, -0.1) is 0 Å². The lowest BCUT2D eigenvalue weighted by Crippen LogP contribution is -2.30. The summed E-state index contributed by atoms with van der Waals surface area (Å²) in [4.78, 5) is 102. The van der Waals surface area contributed by atoms with Crippen molar-refractivity contribution in [3.63, 3.8) is 0 Å². The molecule has 1 amide bonds. The molecule has 11 rings (SSSR count). The highest BCUT2D eigenvalue weighted by molar-refractivity contribution is 5.97. The molecule has 0 spiro atoms. The maximum atomic E-state index is 12.7. The van der Waals surface area contributed by atoms with Gasteiger partial charge in [-0.25, -0.2) is 5.48 Å². The summed E-state index contributed by atoms with van der Waals surface area (Å²) in [7, 11) is 9.36. The maximum Gasteiger partial charge on any atom is 0.313 e. The zero-order valence-electron chi connectivity index (χ0n) is 61.5. The molecule has 4 aliphatic carbocycles. The number of ether oxygens (including phenoxy) is 10. The van der Waals surface area contributed by atoms with Crippen molar-refractivity contribution in [1.29, 1.82) is 0 Å². The van der Waals surface area contributed by atoms with Gasteiger partial charge in [-0.1, -0.05) is 171 Å². The standard InChI is InChI=1S/C26H28N2O5.2C23H26O5.C9H14O4.B/c1-16-13-18(20-7-5-6-8-21(20)27-16)15-33-19-11-9-17(10-12-19)14-26(24(30)32-4)22(23(29)28-31)25(26,2)3;2*1-22(2)19(20(24)26-3)23(22,21(25)27-4)14-16-10-12-18(13-11-16)28-15-17-8-6-5-7-9-17;1-9(2)5(7(10)12-3)6(9)8(11)13-4;/h5-13,22,31H,14-15H2,1-4H3,(H,28,29);2*5-13,19H,14-15H2,1-4H3;5-6H,1-4H3;/t22?,26-;19-,23+;19-,23-;;/m010../s1. The topological polar surface area (TPSA) is 274 Å². The number of methoxy groups -OCH3 is 7. The van der Waals surface area contributed by atoms with E-state index in [9.17, 15) is 38.4 Å². The third-order valence-corrected chi connectivity index (χ3v) is 21.5. The number of hydrogen-bond acceptors (Lipinski definition) is 20. The Labute approximate surface area is 604 Å². The Kier molecular flexibility index (Phi) is 25.6. The van der Waals surface area contributed by atoms with Crippen LogP contribution in [0.1, 0.15) is 94.5 Å². The second-order valence-corrected chi connectivity index (χ2v) is 28.4. The molecular weight excluding hydrogens is 1320 g/mol. The van der Waals surface area contributed by atoms with E-state index in [1.165, 1.54) is 49.8 Å². The van der Waals surface area contributed by atoms with Crippen molar-refractivity contribution in [1.82, 2.24) is 10.5 Å². The Bertz CT molecular complexity index is 3980. The van der Waals surface area contributed by atoms with E-state index in [1.54, 1.807) is 5.48 Å². The highest BCUT2D eigenvalue weighted by atomic mass is 16.6. The van der Waals surface area contributed by atoms with Crippen molar-refractivity contribution in [2.75, 3.05) is 49.8 Å². The molecule has 0 aliphatic heterocycles. The third-order valence-electron chi connectivity index (χ3n) is 21.5. The Morgan fingerprint density at radius 2 is 0.718 bits per heavy atom. The van der Waals surface area contributed by atoms with E-state index < -0.39 is 62.1 Å². The molecular formula is C81H94BN2O19. The van der Waals surface area contributed by atoms with Crippen LogP contribution in [0.3, 0.4) is 0 Å². The second-order valence-electron chi connectivity index (χ2n) is 28.4. The summed E-state index contributed by atoms with van der Waals surface area (Å²) in [6, 6.07) is 52.6. The molecule has 21 nitrogen and oxygen atoms in total. The number of nitrogens with zero attached hydrogens (tertiary/aromatic N) is 1. The zero-order chi connectivity index (χ0) is 74.8. The van der Waals surface area contributed by atoms with Crippen molar-refractivity contribution in [3.8, 4) is 17.2 Å². The Morgan fingerprint density at radius 1 is 0.398 bits per heavy atom. The first kappa shape index (κ1) is 80.2. The average molecular weight is 1410 g/mol. The molecule has 1 aromatic heterocycles. The van der Waals surface area contributed by atoms with E-state index in [0.29, 0.717) is 44.8 Å². The molecule has 8 atom stereocenters. The van der Waals surface area contributed by atoms with Crippen LogP contribution in [0.15, 0.2) is 164 Å². The van der Waals surface area contributed by atoms with Gasteiger partial charge < -0.3 is 47.4 Å². The number of esters is 7. The van der Waals surface area contributed by atoms with Gasteiger partial charge in [0.2, 0.25) is 5.91 Å². The van der Waals surface area contributed by atoms with E-state index in [4.69, 9.17) is 43.1 Å². The number of hydroxylamine groups is 1. The highest BCUT2D eigenvalue weighted by Gasteiger charge is 2.81. The number of aryl methyl sites for hydroxylation is 1. The van der Waals surface area contributed by atoms with E-state index in [-0.39, 0.29) is 61.5 Å². The predicted molar refractivity (Wildman–Crippen MR) is 382 cm³/mol. The van der Waals surface area contributed by atoms with Crippen LogP contribution < -0.4 is 19.7 Å². The van der Waals surface area contributed by atoms with Gasteiger partial charge in [0.1, 0.15) is 37.1 Å². The minimum Gasteiger partial charge on any atom is -0.489 e. The summed E-state index contributed by atoms with van der Waals surface area (Å²) in [5, 5.41) is 10.2. The van der Waals surface area contributed by atoms with Gasteiger partial charge in [0, 0.05) is 25.1 Å². The lowest BCUT2D eigenvalue weighted by Gasteiger charge is -2.18. The number of fused-ring (bicyclic) bond motifs is 1. The van der Waals surface area contributed by atoms with Crippen LogP contribution in [0, 0.1) is 74.4 Å². The molecule has 6 aromatic carbocycles. The smallest absolute Gasteiger partial charge is 0.313 e.